The fourth-order valence-electron chi connectivity index (χ4n) is 3.19. The average Bonchev–Trinajstić information content (AvgIpc) is 3.12. The second kappa shape index (κ2) is 6.87. The van der Waals surface area contributed by atoms with E-state index in [0.29, 0.717) is 0 Å². The predicted molar refractivity (Wildman–Crippen MR) is 84.7 cm³/mol. The number of hydrogen-bond acceptors (Lipinski definition) is 3. The first-order valence-corrected chi connectivity index (χ1v) is 7.72. The van der Waals surface area contributed by atoms with Crippen LogP contribution < -0.4 is 0 Å². The summed E-state index contributed by atoms with van der Waals surface area (Å²) in [6.07, 6.45) is 5.01. The summed E-state index contributed by atoms with van der Waals surface area (Å²) in [6.45, 7) is 5.55. The molecule has 1 aliphatic heterocycles. The van der Waals surface area contributed by atoms with E-state index < -0.39 is 0 Å². The average molecular weight is 284 g/mol. The highest BCUT2D eigenvalue weighted by molar-refractivity contribution is 5.14. The summed E-state index contributed by atoms with van der Waals surface area (Å²) in [7, 11) is 2.18. The fraction of sp³-hybridized carbons (Fsp3) is 0.471. The van der Waals surface area contributed by atoms with E-state index in [0.717, 1.165) is 31.4 Å². The third-order valence-electron chi connectivity index (χ3n) is 4.16. The van der Waals surface area contributed by atoms with E-state index in [9.17, 15) is 0 Å². The molecule has 0 radical (unpaired) electrons. The van der Waals surface area contributed by atoms with Gasteiger partial charge < -0.3 is 4.98 Å². The van der Waals surface area contributed by atoms with Crippen LogP contribution in [-0.2, 0) is 13.1 Å². The second-order valence-corrected chi connectivity index (χ2v) is 6.11. The van der Waals surface area contributed by atoms with E-state index in [1.54, 1.807) is 0 Å². The Morgan fingerprint density at radius 2 is 2.19 bits per heavy atom. The highest BCUT2D eigenvalue weighted by atomic mass is 15.2. The molecule has 0 amide bonds. The highest BCUT2D eigenvalue weighted by Crippen LogP contribution is 2.19. The minimum absolute atomic E-state index is 0.772. The van der Waals surface area contributed by atoms with Gasteiger partial charge in [-0.3, -0.25) is 9.80 Å². The molecule has 1 saturated heterocycles. The van der Waals surface area contributed by atoms with Gasteiger partial charge in [0.2, 0.25) is 0 Å². The predicted octanol–water partition coefficient (Wildman–Crippen LogP) is 2.36. The molecule has 0 saturated carbocycles. The van der Waals surface area contributed by atoms with Gasteiger partial charge in [0.05, 0.1) is 6.54 Å². The number of aromatic nitrogens is 2. The van der Waals surface area contributed by atoms with Gasteiger partial charge in [-0.15, -0.1) is 0 Å². The molecule has 0 bridgehead atoms. The van der Waals surface area contributed by atoms with E-state index in [1.165, 1.54) is 25.1 Å². The van der Waals surface area contributed by atoms with Crippen molar-refractivity contribution in [3.63, 3.8) is 0 Å². The molecule has 21 heavy (non-hydrogen) atoms. The topological polar surface area (TPSA) is 35.2 Å². The first kappa shape index (κ1) is 14.3. The lowest BCUT2D eigenvalue weighted by Gasteiger charge is -2.20. The van der Waals surface area contributed by atoms with Crippen molar-refractivity contribution in [2.75, 3.05) is 26.7 Å². The molecule has 1 aliphatic rings. The maximum Gasteiger partial charge on any atom is 0.120 e. The second-order valence-electron chi connectivity index (χ2n) is 6.11. The zero-order valence-electron chi connectivity index (χ0n) is 12.7. The Bertz CT molecular complexity index is 523. The van der Waals surface area contributed by atoms with Gasteiger partial charge in [-0.1, -0.05) is 30.3 Å². The van der Waals surface area contributed by atoms with E-state index in [1.807, 2.05) is 12.4 Å². The van der Waals surface area contributed by atoms with Crippen LogP contribution in [0.25, 0.3) is 0 Å². The summed E-state index contributed by atoms with van der Waals surface area (Å²) in [5.74, 6) is 1.82. The van der Waals surface area contributed by atoms with Crippen molar-refractivity contribution < 1.29 is 0 Å². The number of H-pyrrole nitrogens is 1. The fourth-order valence-corrected chi connectivity index (χ4v) is 3.19. The van der Waals surface area contributed by atoms with Gasteiger partial charge in [0.1, 0.15) is 5.82 Å². The van der Waals surface area contributed by atoms with Gasteiger partial charge in [-0.25, -0.2) is 4.98 Å². The van der Waals surface area contributed by atoms with Crippen LogP contribution in [0.2, 0.25) is 0 Å². The number of aromatic amines is 1. The monoisotopic (exact) mass is 284 g/mol. The molecular formula is C17H24N4. The lowest BCUT2D eigenvalue weighted by Crippen LogP contribution is -2.28. The molecule has 3 rings (SSSR count). The summed E-state index contributed by atoms with van der Waals surface area (Å²) < 4.78 is 0. The highest BCUT2D eigenvalue weighted by Gasteiger charge is 2.23. The maximum absolute atomic E-state index is 4.29. The Hall–Kier alpha value is -1.65. The molecule has 1 N–H and O–H groups in total. The summed E-state index contributed by atoms with van der Waals surface area (Å²) >= 11 is 0. The molecule has 4 heteroatoms. The summed E-state index contributed by atoms with van der Waals surface area (Å²) in [4.78, 5) is 12.4. The van der Waals surface area contributed by atoms with Crippen LogP contribution in [0.1, 0.15) is 17.8 Å². The number of nitrogens with one attached hydrogen (secondary N) is 1. The van der Waals surface area contributed by atoms with Crippen LogP contribution >= 0.6 is 0 Å². The standard InChI is InChI=1S/C17H24N4/c1-20(14-17-18-8-9-19-17)11-16-7-10-21(13-16)12-15-5-3-2-4-6-15/h2-6,8-9,16H,7,10-14H2,1H3,(H,18,19). The van der Waals surface area contributed by atoms with E-state index in [2.05, 4.69) is 57.1 Å². The van der Waals surface area contributed by atoms with Crippen molar-refractivity contribution in [1.82, 2.24) is 19.8 Å². The minimum Gasteiger partial charge on any atom is -0.348 e. The number of imidazole rings is 1. The quantitative estimate of drug-likeness (QED) is 0.884. The minimum atomic E-state index is 0.772. The Morgan fingerprint density at radius 1 is 1.33 bits per heavy atom. The SMILES string of the molecule is CN(Cc1ncc[nH]1)CC1CCN(Cc2ccccc2)C1. The van der Waals surface area contributed by atoms with E-state index in [4.69, 9.17) is 0 Å². The van der Waals surface area contributed by atoms with Crippen molar-refractivity contribution >= 4 is 0 Å². The Morgan fingerprint density at radius 3 is 2.95 bits per heavy atom. The van der Waals surface area contributed by atoms with Crippen LogP contribution in [0, 0.1) is 5.92 Å². The first-order chi connectivity index (χ1) is 10.3. The van der Waals surface area contributed by atoms with Crippen molar-refractivity contribution in [2.45, 2.75) is 19.5 Å². The van der Waals surface area contributed by atoms with Gasteiger partial charge in [-0.05, 0) is 31.5 Å². The van der Waals surface area contributed by atoms with Crippen LogP contribution in [0.4, 0.5) is 0 Å². The molecule has 2 aromatic rings. The molecule has 0 aliphatic carbocycles. The number of hydrogen-bond donors (Lipinski definition) is 1. The molecule has 0 spiro atoms. The molecule has 1 fully saturated rings. The molecule has 4 nitrogen and oxygen atoms in total. The lowest BCUT2D eigenvalue weighted by atomic mass is 10.1. The summed E-state index contributed by atoms with van der Waals surface area (Å²) in [6, 6.07) is 10.8. The molecule has 112 valence electrons. The third kappa shape index (κ3) is 4.16. The van der Waals surface area contributed by atoms with Crippen LogP contribution in [0.15, 0.2) is 42.7 Å². The van der Waals surface area contributed by atoms with Gasteiger partial charge in [0.15, 0.2) is 0 Å². The smallest absolute Gasteiger partial charge is 0.120 e. The van der Waals surface area contributed by atoms with Crippen molar-refractivity contribution in [2.24, 2.45) is 5.92 Å². The lowest BCUT2D eigenvalue weighted by molar-refractivity contribution is 0.251. The van der Waals surface area contributed by atoms with Crippen LogP contribution in [0.3, 0.4) is 0 Å². The molecule has 1 atom stereocenters. The number of rotatable bonds is 6. The molecule has 1 aromatic carbocycles. The summed E-state index contributed by atoms with van der Waals surface area (Å²) in [5.41, 5.74) is 1.42. The number of nitrogens with zero attached hydrogens (tertiary/aromatic N) is 3. The van der Waals surface area contributed by atoms with Gasteiger partial charge in [-0.2, -0.15) is 0 Å². The zero-order valence-corrected chi connectivity index (χ0v) is 12.7. The Labute approximate surface area is 126 Å². The Balaban J connectivity index is 1.44. The zero-order chi connectivity index (χ0) is 14.5. The van der Waals surface area contributed by atoms with Crippen molar-refractivity contribution in [3.8, 4) is 0 Å². The molecular weight excluding hydrogens is 260 g/mol. The molecule has 1 aromatic heterocycles. The van der Waals surface area contributed by atoms with Crippen LogP contribution in [0.5, 0.6) is 0 Å². The van der Waals surface area contributed by atoms with Crippen LogP contribution in [-0.4, -0.2) is 46.4 Å². The molecule has 1 unspecified atom stereocenters. The Kier molecular flexibility index (Phi) is 4.68. The van der Waals surface area contributed by atoms with Crippen molar-refractivity contribution in [1.29, 1.82) is 0 Å². The number of benzene rings is 1. The number of likely N-dealkylation sites (tertiary alicyclic amines) is 1. The third-order valence-corrected chi connectivity index (χ3v) is 4.16. The first-order valence-electron chi connectivity index (χ1n) is 7.72. The van der Waals surface area contributed by atoms with E-state index in [-0.39, 0.29) is 0 Å². The summed E-state index contributed by atoms with van der Waals surface area (Å²) in [5, 5.41) is 0. The van der Waals surface area contributed by atoms with Gasteiger partial charge >= 0.3 is 0 Å². The van der Waals surface area contributed by atoms with Gasteiger partial charge in [0.25, 0.3) is 0 Å². The largest absolute Gasteiger partial charge is 0.348 e. The maximum atomic E-state index is 4.29. The van der Waals surface area contributed by atoms with Crippen molar-refractivity contribution in [3.05, 3.63) is 54.1 Å². The van der Waals surface area contributed by atoms with E-state index >= 15 is 0 Å². The normalized spacial score (nSPS) is 19.4. The molecule has 2 heterocycles. The van der Waals surface area contributed by atoms with Gasteiger partial charge in [0, 0.05) is 32.0 Å².